The Morgan fingerprint density at radius 3 is 2.34 bits per heavy atom. The number of nitrogens with zero attached hydrogens (tertiary/aromatic N) is 1. The summed E-state index contributed by atoms with van der Waals surface area (Å²) in [7, 11) is 0. The SMILES string of the molecule is Cc1cccc(OCC(=O)N(Cc2ccccc2)[C@H](C)C(=O)NCC(C)C)c1C. The van der Waals surface area contributed by atoms with Crippen LogP contribution in [0.2, 0.25) is 0 Å². The molecule has 5 nitrogen and oxygen atoms in total. The maximum atomic E-state index is 13.0. The molecule has 156 valence electrons. The molecule has 0 aliphatic heterocycles. The second-order valence-corrected chi connectivity index (χ2v) is 7.81. The molecule has 0 unspecified atom stereocenters. The van der Waals surface area contributed by atoms with Gasteiger partial charge in [-0.05, 0) is 49.4 Å². The molecular formula is C24H32N2O3. The van der Waals surface area contributed by atoms with Crippen LogP contribution in [-0.4, -0.2) is 35.9 Å². The van der Waals surface area contributed by atoms with E-state index in [9.17, 15) is 9.59 Å². The fourth-order valence-electron chi connectivity index (χ4n) is 2.92. The number of aryl methyl sites for hydroxylation is 1. The molecule has 0 spiro atoms. The summed E-state index contributed by atoms with van der Waals surface area (Å²) in [6.07, 6.45) is 0. The van der Waals surface area contributed by atoms with Gasteiger partial charge in [-0.3, -0.25) is 9.59 Å². The highest BCUT2D eigenvalue weighted by atomic mass is 16.5. The number of hydrogen-bond acceptors (Lipinski definition) is 3. The quantitative estimate of drug-likeness (QED) is 0.700. The molecule has 0 saturated heterocycles. The van der Waals surface area contributed by atoms with Crippen molar-refractivity contribution < 1.29 is 14.3 Å². The molecule has 0 saturated carbocycles. The predicted octanol–water partition coefficient (Wildman–Crippen LogP) is 3.87. The Labute approximate surface area is 174 Å². The number of ether oxygens (including phenoxy) is 1. The van der Waals surface area contributed by atoms with Gasteiger partial charge >= 0.3 is 0 Å². The molecule has 0 aromatic heterocycles. The van der Waals surface area contributed by atoms with Gasteiger partial charge in [0.25, 0.3) is 5.91 Å². The lowest BCUT2D eigenvalue weighted by atomic mass is 10.1. The van der Waals surface area contributed by atoms with E-state index in [0.717, 1.165) is 16.7 Å². The largest absolute Gasteiger partial charge is 0.483 e. The van der Waals surface area contributed by atoms with Crippen molar-refractivity contribution in [1.82, 2.24) is 10.2 Å². The standard InChI is InChI=1S/C24H32N2O3/c1-17(2)14-25-24(28)20(5)26(15-21-11-7-6-8-12-21)23(27)16-29-22-13-9-10-18(3)19(22)4/h6-13,17,20H,14-16H2,1-5H3,(H,25,28)/t20-/m1/s1. The number of amides is 2. The van der Waals surface area contributed by atoms with Crippen LogP contribution < -0.4 is 10.1 Å². The van der Waals surface area contributed by atoms with Crippen molar-refractivity contribution >= 4 is 11.8 Å². The molecule has 1 N–H and O–H groups in total. The van der Waals surface area contributed by atoms with Crippen LogP contribution in [0.15, 0.2) is 48.5 Å². The highest BCUT2D eigenvalue weighted by molar-refractivity contribution is 5.88. The maximum absolute atomic E-state index is 13.0. The van der Waals surface area contributed by atoms with E-state index in [1.165, 1.54) is 0 Å². The first-order chi connectivity index (χ1) is 13.8. The van der Waals surface area contributed by atoms with Gasteiger partial charge in [0.15, 0.2) is 6.61 Å². The zero-order valence-corrected chi connectivity index (χ0v) is 18.1. The molecule has 5 heteroatoms. The molecule has 2 aromatic carbocycles. The molecule has 0 fully saturated rings. The van der Waals surface area contributed by atoms with Crippen LogP contribution in [0, 0.1) is 19.8 Å². The Hall–Kier alpha value is -2.82. The van der Waals surface area contributed by atoms with Crippen molar-refractivity contribution in [2.24, 2.45) is 5.92 Å². The van der Waals surface area contributed by atoms with E-state index >= 15 is 0 Å². The summed E-state index contributed by atoms with van der Waals surface area (Å²) in [5, 5.41) is 2.92. The van der Waals surface area contributed by atoms with Crippen LogP contribution >= 0.6 is 0 Å². The van der Waals surface area contributed by atoms with E-state index in [-0.39, 0.29) is 18.4 Å². The molecule has 2 aromatic rings. The molecule has 0 aliphatic rings. The Balaban J connectivity index is 2.13. The zero-order valence-electron chi connectivity index (χ0n) is 18.1. The number of benzene rings is 2. The Morgan fingerprint density at radius 1 is 1.00 bits per heavy atom. The Morgan fingerprint density at radius 2 is 1.69 bits per heavy atom. The highest BCUT2D eigenvalue weighted by Gasteiger charge is 2.26. The summed E-state index contributed by atoms with van der Waals surface area (Å²) >= 11 is 0. The van der Waals surface area contributed by atoms with Crippen LogP contribution in [0.3, 0.4) is 0 Å². The van der Waals surface area contributed by atoms with E-state index in [1.807, 2.05) is 76.2 Å². The van der Waals surface area contributed by atoms with Crippen molar-refractivity contribution in [2.45, 2.75) is 47.2 Å². The molecule has 1 atom stereocenters. The average Bonchev–Trinajstić information content (AvgIpc) is 2.71. The smallest absolute Gasteiger partial charge is 0.261 e. The summed E-state index contributed by atoms with van der Waals surface area (Å²) in [4.78, 5) is 27.2. The van der Waals surface area contributed by atoms with Crippen molar-refractivity contribution in [3.8, 4) is 5.75 Å². The van der Waals surface area contributed by atoms with Gasteiger partial charge in [-0.2, -0.15) is 0 Å². The lowest BCUT2D eigenvalue weighted by Crippen LogP contribution is -2.49. The van der Waals surface area contributed by atoms with Crippen LogP contribution in [0.1, 0.15) is 37.5 Å². The number of carbonyl (C=O) groups is 2. The minimum atomic E-state index is -0.594. The Kier molecular flexibility index (Phi) is 8.25. The third kappa shape index (κ3) is 6.63. The van der Waals surface area contributed by atoms with Gasteiger partial charge < -0.3 is 15.0 Å². The van der Waals surface area contributed by atoms with Gasteiger partial charge in [-0.25, -0.2) is 0 Å². The molecule has 2 rings (SSSR count). The maximum Gasteiger partial charge on any atom is 0.261 e. The highest BCUT2D eigenvalue weighted by Crippen LogP contribution is 2.21. The first kappa shape index (κ1) is 22.5. The number of hydrogen-bond donors (Lipinski definition) is 1. The third-order valence-corrected chi connectivity index (χ3v) is 4.95. The topological polar surface area (TPSA) is 58.6 Å². The van der Waals surface area contributed by atoms with Crippen LogP contribution in [0.4, 0.5) is 0 Å². The fourth-order valence-corrected chi connectivity index (χ4v) is 2.92. The van der Waals surface area contributed by atoms with Gasteiger partial charge in [-0.15, -0.1) is 0 Å². The van der Waals surface area contributed by atoms with Gasteiger partial charge in [0, 0.05) is 13.1 Å². The minimum Gasteiger partial charge on any atom is -0.483 e. The van der Waals surface area contributed by atoms with E-state index in [2.05, 4.69) is 5.32 Å². The second-order valence-electron chi connectivity index (χ2n) is 7.81. The van der Waals surface area contributed by atoms with E-state index in [1.54, 1.807) is 11.8 Å². The van der Waals surface area contributed by atoms with Gasteiger partial charge in [0.2, 0.25) is 5.91 Å². The fraction of sp³-hybridized carbons (Fsp3) is 0.417. The second kappa shape index (κ2) is 10.6. The van der Waals surface area contributed by atoms with Crippen molar-refractivity contribution in [2.75, 3.05) is 13.2 Å². The summed E-state index contributed by atoms with van der Waals surface area (Å²) in [5.41, 5.74) is 3.09. The molecule has 0 bridgehead atoms. The van der Waals surface area contributed by atoms with Crippen molar-refractivity contribution in [3.05, 3.63) is 65.2 Å². The van der Waals surface area contributed by atoms with Crippen molar-refractivity contribution in [1.29, 1.82) is 0 Å². The number of carbonyl (C=O) groups excluding carboxylic acids is 2. The van der Waals surface area contributed by atoms with Gasteiger partial charge in [-0.1, -0.05) is 56.3 Å². The number of rotatable bonds is 9. The van der Waals surface area contributed by atoms with E-state index in [4.69, 9.17) is 4.74 Å². The summed E-state index contributed by atoms with van der Waals surface area (Å²) in [6.45, 7) is 10.6. The lowest BCUT2D eigenvalue weighted by Gasteiger charge is -2.29. The lowest BCUT2D eigenvalue weighted by molar-refractivity contribution is -0.142. The summed E-state index contributed by atoms with van der Waals surface area (Å²) in [6, 6.07) is 14.9. The van der Waals surface area contributed by atoms with E-state index < -0.39 is 6.04 Å². The van der Waals surface area contributed by atoms with Crippen molar-refractivity contribution in [3.63, 3.8) is 0 Å². The van der Waals surface area contributed by atoms with Crippen LogP contribution in [0.25, 0.3) is 0 Å². The molecule has 0 heterocycles. The summed E-state index contributed by atoms with van der Waals surface area (Å²) < 4.78 is 5.80. The predicted molar refractivity (Wildman–Crippen MR) is 116 cm³/mol. The first-order valence-corrected chi connectivity index (χ1v) is 10.1. The number of nitrogens with one attached hydrogen (secondary N) is 1. The molecule has 29 heavy (non-hydrogen) atoms. The minimum absolute atomic E-state index is 0.112. The third-order valence-electron chi connectivity index (χ3n) is 4.95. The van der Waals surface area contributed by atoms with Gasteiger partial charge in [0.1, 0.15) is 11.8 Å². The summed E-state index contributed by atoms with van der Waals surface area (Å²) in [5.74, 6) is 0.656. The monoisotopic (exact) mass is 396 g/mol. The molecular weight excluding hydrogens is 364 g/mol. The van der Waals surface area contributed by atoms with Crippen LogP contribution in [0.5, 0.6) is 5.75 Å². The van der Waals surface area contributed by atoms with E-state index in [0.29, 0.717) is 24.8 Å². The normalized spacial score (nSPS) is 11.8. The van der Waals surface area contributed by atoms with Crippen LogP contribution in [-0.2, 0) is 16.1 Å². The zero-order chi connectivity index (χ0) is 21.4. The molecule has 0 radical (unpaired) electrons. The van der Waals surface area contributed by atoms with Gasteiger partial charge in [0.05, 0.1) is 0 Å². The molecule has 0 aliphatic carbocycles. The first-order valence-electron chi connectivity index (χ1n) is 10.1. The average molecular weight is 397 g/mol. The molecule has 2 amide bonds. The Bertz CT molecular complexity index is 818.